The zero-order valence-electron chi connectivity index (χ0n) is 8.22. The number of benzene rings is 1. The second kappa shape index (κ2) is 3.96. The van der Waals surface area contributed by atoms with Crippen LogP contribution in [0.2, 0.25) is 0 Å². The monoisotopic (exact) mass is 290 g/mol. The van der Waals surface area contributed by atoms with Gasteiger partial charge in [-0.25, -0.2) is 9.97 Å². The molecule has 0 saturated heterocycles. The van der Waals surface area contributed by atoms with Crippen LogP contribution in [0.3, 0.4) is 0 Å². The molecule has 0 aliphatic rings. The van der Waals surface area contributed by atoms with Crippen molar-refractivity contribution < 1.29 is 0 Å². The lowest BCUT2D eigenvalue weighted by atomic mass is 10.2. The highest BCUT2D eigenvalue weighted by Crippen LogP contribution is 2.30. The summed E-state index contributed by atoms with van der Waals surface area (Å²) in [6.45, 7) is 0. The third-order valence-corrected chi connectivity index (χ3v) is 3.70. The first-order chi connectivity index (χ1) is 7.84. The van der Waals surface area contributed by atoms with Gasteiger partial charge in [-0.15, -0.1) is 11.3 Å². The maximum Gasteiger partial charge on any atom is 0.142 e. The Morgan fingerprint density at radius 3 is 2.88 bits per heavy atom. The normalized spacial score (nSPS) is 10.8. The number of fused-ring (bicyclic) bond motifs is 1. The summed E-state index contributed by atoms with van der Waals surface area (Å²) in [6.07, 6.45) is 1.79. The summed E-state index contributed by atoms with van der Waals surface area (Å²) in [5, 5.41) is 4.03. The minimum Gasteiger partial charge on any atom is -0.244 e. The van der Waals surface area contributed by atoms with E-state index in [-0.39, 0.29) is 0 Å². The van der Waals surface area contributed by atoms with E-state index in [0.717, 1.165) is 26.1 Å². The van der Waals surface area contributed by atoms with Crippen molar-refractivity contribution in [2.45, 2.75) is 0 Å². The van der Waals surface area contributed by atoms with Crippen molar-refractivity contribution in [1.29, 1.82) is 0 Å². The Labute approximate surface area is 105 Å². The van der Waals surface area contributed by atoms with Crippen LogP contribution in [0, 0.1) is 0 Å². The average Bonchev–Trinajstić information content (AvgIpc) is 2.81. The number of aromatic nitrogens is 2. The van der Waals surface area contributed by atoms with Gasteiger partial charge in [-0.3, -0.25) is 0 Å². The number of hydrogen-bond donors (Lipinski definition) is 0. The van der Waals surface area contributed by atoms with Crippen LogP contribution in [0.1, 0.15) is 0 Å². The van der Waals surface area contributed by atoms with E-state index < -0.39 is 0 Å². The highest BCUT2D eigenvalue weighted by molar-refractivity contribution is 9.10. The van der Waals surface area contributed by atoms with Crippen LogP contribution in [0.15, 0.2) is 46.4 Å². The summed E-state index contributed by atoms with van der Waals surface area (Å²) in [6, 6.07) is 10.2. The van der Waals surface area contributed by atoms with Gasteiger partial charge in [-0.2, -0.15) is 0 Å². The summed E-state index contributed by atoms with van der Waals surface area (Å²) in [7, 11) is 0. The lowest BCUT2D eigenvalue weighted by molar-refractivity contribution is 1.32. The highest BCUT2D eigenvalue weighted by atomic mass is 79.9. The van der Waals surface area contributed by atoms with E-state index in [9.17, 15) is 0 Å². The molecule has 3 aromatic rings. The molecular formula is C12H7BrN2S. The minimum absolute atomic E-state index is 0.911. The number of nitrogens with zero attached hydrogens (tertiary/aromatic N) is 2. The fourth-order valence-electron chi connectivity index (χ4n) is 1.58. The first-order valence-corrected chi connectivity index (χ1v) is 6.47. The van der Waals surface area contributed by atoms with Gasteiger partial charge in [0, 0.05) is 21.4 Å². The zero-order valence-corrected chi connectivity index (χ0v) is 10.6. The van der Waals surface area contributed by atoms with Gasteiger partial charge in [-0.05, 0) is 28.1 Å². The largest absolute Gasteiger partial charge is 0.244 e. The van der Waals surface area contributed by atoms with Crippen LogP contribution in [0.5, 0.6) is 0 Å². The lowest BCUT2D eigenvalue weighted by Crippen LogP contribution is -1.86. The van der Waals surface area contributed by atoms with Gasteiger partial charge in [0.2, 0.25) is 0 Å². The van der Waals surface area contributed by atoms with Crippen LogP contribution >= 0.6 is 27.3 Å². The first-order valence-electron chi connectivity index (χ1n) is 4.80. The molecule has 3 rings (SSSR count). The van der Waals surface area contributed by atoms with Crippen molar-refractivity contribution >= 4 is 38.2 Å². The summed E-state index contributed by atoms with van der Waals surface area (Å²) in [5.41, 5.74) is 1.91. The fourth-order valence-corrected chi connectivity index (χ4v) is 2.87. The minimum atomic E-state index is 0.911. The van der Waals surface area contributed by atoms with Gasteiger partial charge in [0.15, 0.2) is 0 Å². The van der Waals surface area contributed by atoms with Crippen LogP contribution in [-0.4, -0.2) is 9.97 Å². The summed E-state index contributed by atoms with van der Waals surface area (Å²) in [5.74, 6) is 0. The van der Waals surface area contributed by atoms with Crippen LogP contribution in [0.25, 0.3) is 21.6 Å². The van der Waals surface area contributed by atoms with Gasteiger partial charge in [0.05, 0.1) is 5.52 Å². The smallest absolute Gasteiger partial charge is 0.142 e. The molecule has 2 heterocycles. The average molecular weight is 291 g/mol. The summed E-state index contributed by atoms with van der Waals surface area (Å²) in [4.78, 5) is 8.90. The number of hydrogen-bond acceptors (Lipinski definition) is 3. The predicted octanol–water partition coefficient (Wildman–Crippen LogP) is 4.12. The van der Waals surface area contributed by atoms with E-state index in [4.69, 9.17) is 0 Å². The summed E-state index contributed by atoms with van der Waals surface area (Å²) >= 11 is 5.14. The topological polar surface area (TPSA) is 25.8 Å². The Hall–Kier alpha value is -1.26. The molecule has 78 valence electrons. The second-order valence-corrected chi connectivity index (χ2v) is 5.10. The van der Waals surface area contributed by atoms with Crippen molar-refractivity contribution in [3.63, 3.8) is 0 Å². The molecule has 16 heavy (non-hydrogen) atoms. The van der Waals surface area contributed by atoms with Crippen LogP contribution < -0.4 is 0 Å². The Balaban J connectivity index is 2.30. The molecule has 0 amide bonds. The molecule has 2 aromatic heterocycles. The standard InChI is InChI=1S/C12H7BrN2S/c13-9-7-8-3-1-2-4-10(8)15-11(9)12-14-5-6-16-12/h1-7H. The molecule has 0 fully saturated rings. The van der Waals surface area contributed by atoms with Crippen molar-refractivity contribution in [3.05, 3.63) is 46.4 Å². The molecule has 0 bridgehead atoms. The molecule has 0 spiro atoms. The Bertz CT molecular complexity index is 635. The van der Waals surface area contributed by atoms with Crippen molar-refractivity contribution in [3.8, 4) is 10.7 Å². The van der Waals surface area contributed by atoms with E-state index in [1.807, 2.05) is 23.6 Å². The Morgan fingerprint density at radius 2 is 2.06 bits per heavy atom. The molecule has 0 atom stereocenters. The molecule has 4 heteroatoms. The van der Waals surface area contributed by atoms with Gasteiger partial charge in [0.1, 0.15) is 10.7 Å². The molecule has 0 unspecified atom stereocenters. The number of para-hydroxylation sites is 1. The molecule has 2 nitrogen and oxygen atoms in total. The SMILES string of the molecule is Brc1cc2ccccc2nc1-c1nccs1. The second-order valence-electron chi connectivity index (χ2n) is 3.35. The van der Waals surface area contributed by atoms with E-state index in [0.29, 0.717) is 0 Å². The molecule has 0 aliphatic carbocycles. The number of halogens is 1. The Kier molecular flexibility index (Phi) is 2.46. The highest BCUT2D eigenvalue weighted by Gasteiger charge is 2.08. The van der Waals surface area contributed by atoms with Crippen LogP contribution in [0.4, 0.5) is 0 Å². The number of pyridine rings is 1. The molecule has 1 aromatic carbocycles. The van der Waals surface area contributed by atoms with Gasteiger partial charge in [0.25, 0.3) is 0 Å². The quantitative estimate of drug-likeness (QED) is 0.674. The van der Waals surface area contributed by atoms with Crippen molar-refractivity contribution in [2.75, 3.05) is 0 Å². The van der Waals surface area contributed by atoms with Gasteiger partial charge >= 0.3 is 0 Å². The van der Waals surface area contributed by atoms with Crippen molar-refractivity contribution in [1.82, 2.24) is 9.97 Å². The third kappa shape index (κ3) is 1.64. The fraction of sp³-hybridized carbons (Fsp3) is 0. The molecule has 0 N–H and O–H groups in total. The number of rotatable bonds is 1. The maximum absolute atomic E-state index is 4.62. The predicted molar refractivity (Wildman–Crippen MR) is 70.6 cm³/mol. The number of thiazole rings is 1. The van der Waals surface area contributed by atoms with Crippen LogP contribution in [-0.2, 0) is 0 Å². The lowest BCUT2D eigenvalue weighted by Gasteiger charge is -2.03. The van der Waals surface area contributed by atoms with E-state index in [1.54, 1.807) is 17.5 Å². The van der Waals surface area contributed by atoms with Gasteiger partial charge in [-0.1, -0.05) is 18.2 Å². The molecule has 0 saturated carbocycles. The maximum atomic E-state index is 4.62. The first kappa shape index (κ1) is 9.93. The van der Waals surface area contributed by atoms with E-state index in [1.165, 1.54) is 0 Å². The molecule has 0 radical (unpaired) electrons. The zero-order chi connectivity index (χ0) is 11.0. The molecule has 0 aliphatic heterocycles. The van der Waals surface area contributed by atoms with E-state index in [2.05, 4.69) is 38.0 Å². The third-order valence-electron chi connectivity index (χ3n) is 2.31. The van der Waals surface area contributed by atoms with Crippen molar-refractivity contribution in [2.24, 2.45) is 0 Å². The molecular weight excluding hydrogens is 284 g/mol. The van der Waals surface area contributed by atoms with E-state index >= 15 is 0 Å². The summed E-state index contributed by atoms with van der Waals surface area (Å²) < 4.78 is 0.987. The van der Waals surface area contributed by atoms with Gasteiger partial charge < -0.3 is 0 Å². The Morgan fingerprint density at radius 1 is 1.19 bits per heavy atom.